The van der Waals surface area contributed by atoms with Gasteiger partial charge in [0.2, 0.25) is 5.91 Å². The lowest BCUT2D eigenvalue weighted by molar-refractivity contribution is -0.137. The van der Waals surface area contributed by atoms with Crippen LogP contribution in [0.15, 0.2) is 0 Å². The molecule has 6 nitrogen and oxygen atoms in total. The van der Waals surface area contributed by atoms with Gasteiger partial charge >= 0.3 is 5.97 Å². The number of carboxylic acids is 1. The Labute approximate surface area is 132 Å². The second-order valence-corrected chi connectivity index (χ2v) is 6.82. The topological polar surface area (TPSA) is 109 Å². The third kappa shape index (κ3) is 3.85. The number of primary amides is 1. The van der Waals surface area contributed by atoms with E-state index in [0.717, 1.165) is 29.7 Å². The van der Waals surface area contributed by atoms with Gasteiger partial charge in [-0.15, -0.1) is 11.3 Å². The second-order valence-electron chi connectivity index (χ2n) is 5.72. The van der Waals surface area contributed by atoms with Crippen molar-refractivity contribution in [2.75, 3.05) is 5.32 Å². The van der Waals surface area contributed by atoms with E-state index in [0.29, 0.717) is 16.5 Å². The van der Waals surface area contributed by atoms with Gasteiger partial charge in [0, 0.05) is 17.7 Å². The van der Waals surface area contributed by atoms with Crippen LogP contribution in [-0.2, 0) is 22.4 Å². The van der Waals surface area contributed by atoms with Gasteiger partial charge in [0.1, 0.15) is 5.00 Å². The fourth-order valence-corrected chi connectivity index (χ4v) is 4.12. The summed E-state index contributed by atoms with van der Waals surface area (Å²) in [4.78, 5) is 35.2. The van der Waals surface area contributed by atoms with Crippen LogP contribution in [0.3, 0.4) is 0 Å². The number of hydrogen-bond donors (Lipinski definition) is 3. The molecule has 0 spiro atoms. The lowest BCUT2D eigenvalue weighted by atomic mass is 9.88. The smallest absolute Gasteiger partial charge is 0.303 e. The van der Waals surface area contributed by atoms with Gasteiger partial charge in [-0.2, -0.15) is 0 Å². The van der Waals surface area contributed by atoms with Crippen LogP contribution in [0, 0.1) is 5.92 Å². The number of hydrogen-bond acceptors (Lipinski definition) is 4. The Morgan fingerprint density at radius 1 is 1.36 bits per heavy atom. The molecule has 0 radical (unpaired) electrons. The average Bonchev–Trinajstić information content (AvgIpc) is 2.74. The number of nitrogens with one attached hydrogen (secondary N) is 1. The summed E-state index contributed by atoms with van der Waals surface area (Å²) >= 11 is 1.41. The molecule has 7 heteroatoms. The summed E-state index contributed by atoms with van der Waals surface area (Å²) in [5.74, 6) is -1.17. The van der Waals surface area contributed by atoms with Gasteiger partial charge in [-0.3, -0.25) is 14.4 Å². The Morgan fingerprint density at radius 3 is 2.73 bits per heavy atom. The van der Waals surface area contributed by atoms with Gasteiger partial charge in [-0.1, -0.05) is 6.92 Å². The first-order valence-electron chi connectivity index (χ1n) is 7.34. The quantitative estimate of drug-likeness (QED) is 0.745. The first kappa shape index (κ1) is 16.5. The number of rotatable bonds is 6. The maximum atomic E-state index is 11.9. The highest BCUT2D eigenvalue weighted by Crippen LogP contribution is 2.39. The highest BCUT2D eigenvalue weighted by Gasteiger charge is 2.27. The molecule has 0 bridgehead atoms. The van der Waals surface area contributed by atoms with Crippen molar-refractivity contribution in [3.05, 3.63) is 16.0 Å². The van der Waals surface area contributed by atoms with E-state index >= 15 is 0 Å². The monoisotopic (exact) mass is 324 g/mol. The Bertz CT molecular complexity index is 609. The summed E-state index contributed by atoms with van der Waals surface area (Å²) in [6.45, 7) is 2.16. The molecular formula is C15H20N2O4S. The van der Waals surface area contributed by atoms with Gasteiger partial charge in [0.05, 0.1) is 5.56 Å². The molecular weight excluding hydrogens is 304 g/mol. The zero-order valence-electron chi connectivity index (χ0n) is 12.5. The van der Waals surface area contributed by atoms with Gasteiger partial charge in [-0.25, -0.2) is 0 Å². The molecule has 1 aromatic heterocycles. The van der Waals surface area contributed by atoms with Gasteiger partial charge in [0.15, 0.2) is 0 Å². The SMILES string of the molecule is CC1CCc2c(sc(NC(=O)CCCC(=O)O)c2C(N)=O)C1. The third-order valence-electron chi connectivity index (χ3n) is 3.81. The molecule has 4 N–H and O–H groups in total. The van der Waals surface area contributed by atoms with E-state index in [4.69, 9.17) is 10.8 Å². The van der Waals surface area contributed by atoms with E-state index < -0.39 is 11.9 Å². The fourth-order valence-electron chi connectivity index (χ4n) is 2.69. The number of aliphatic carboxylic acids is 1. The largest absolute Gasteiger partial charge is 0.481 e. The molecule has 0 fully saturated rings. The molecule has 1 aromatic rings. The van der Waals surface area contributed by atoms with E-state index in [2.05, 4.69) is 12.2 Å². The van der Waals surface area contributed by atoms with Crippen molar-refractivity contribution >= 4 is 34.1 Å². The zero-order chi connectivity index (χ0) is 16.3. The van der Waals surface area contributed by atoms with Crippen molar-refractivity contribution in [3.8, 4) is 0 Å². The molecule has 0 saturated carbocycles. The fraction of sp³-hybridized carbons (Fsp3) is 0.533. The molecule has 1 unspecified atom stereocenters. The summed E-state index contributed by atoms with van der Waals surface area (Å²) in [5, 5.41) is 11.8. The number of fused-ring (bicyclic) bond motifs is 1. The van der Waals surface area contributed by atoms with Crippen molar-refractivity contribution in [2.45, 2.75) is 45.4 Å². The summed E-state index contributed by atoms with van der Waals surface area (Å²) < 4.78 is 0. The lowest BCUT2D eigenvalue weighted by Crippen LogP contribution is -2.19. The van der Waals surface area contributed by atoms with Crippen LogP contribution in [0.4, 0.5) is 5.00 Å². The minimum absolute atomic E-state index is 0.0471. The van der Waals surface area contributed by atoms with Gasteiger partial charge in [-0.05, 0) is 37.2 Å². The molecule has 1 heterocycles. The highest BCUT2D eigenvalue weighted by molar-refractivity contribution is 7.17. The molecule has 0 aliphatic heterocycles. The van der Waals surface area contributed by atoms with Crippen molar-refractivity contribution in [1.82, 2.24) is 0 Å². The van der Waals surface area contributed by atoms with E-state index in [1.54, 1.807) is 0 Å². The molecule has 22 heavy (non-hydrogen) atoms. The standard InChI is InChI=1S/C15H20N2O4S/c1-8-5-6-9-10(7-8)22-15(13(9)14(16)21)17-11(18)3-2-4-12(19)20/h8H,2-7H2,1H3,(H2,16,21)(H,17,18)(H,19,20). The average molecular weight is 324 g/mol. The van der Waals surface area contributed by atoms with Crippen LogP contribution in [0.2, 0.25) is 0 Å². The molecule has 1 atom stereocenters. The van der Waals surface area contributed by atoms with Crippen molar-refractivity contribution < 1.29 is 19.5 Å². The number of carbonyl (C=O) groups excluding carboxylic acids is 2. The normalized spacial score (nSPS) is 16.9. The molecule has 120 valence electrons. The number of amides is 2. The lowest BCUT2D eigenvalue weighted by Gasteiger charge is -2.18. The third-order valence-corrected chi connectivity index (χ3v) is 4.98. The molecule has 2 rings (SSSR count). The number of carboxylic acid groups (broad SMARTS) is 1. The summed E-state index contributed by atoms with van der Waals surface area (Å²) in [7, 11) is 0. The van der Waals surface area contributed by atoms with Crippen LogP contribution in [-0.4, -0.2) is 22.9 Å². The van der Waals surface area contributed by atoms with Gasteiger partial charge in [0.25, 0.3) is 5.91 Å². The van der Waals surface area contributed by atoms with Crippen molar-refractivity contribution in [2.24, 2.45) is 11.7 Å². The van der Waals surface area contributed by atoms with Crippen LogP contribution in [0.1, 0.15) is 53.4 Å². The minimum atomic E-state index is -0.925. The Morgan fingerprint density at radius 2 is 2.09 bits per heavy atom. The minimum Gasteiger partial charge on any atom is -0.481 e. The zero-order valence-corrected chi connectivity index (χ0v) is 13.3. The van der Waals surface area contributed by atoms with Crippen LogP contribution in [0.5, 0.6) is 0 Å². The summed E-state index contributed by atoms with van der Waals surface area (Å²) in [6.07, 6.45) is 3.05. The number of thiophene rings is 1. The Kier molecular flexibility index (Phi) is 5.18. The number of anilines is 1. The first-order valence-corrected chi connectivity index (χ1v) is 8.16. The van der Waals surface area contributed by atoms with Crippen molar-refractivity contribution in [1.29, 1.82) is 0 Å². The first-order chi connectivity index (χ1) is 10.4. The Hall–Kier alpha value is -1.89. The maximum Gasteiger partial charge on any atom is 0.303 e. The van der Waals surface area contributed by atoms with Crippen molar-refractivity contribution in [3.63, 3.8) is 0 Å². The number of carbonyl (C=O) groups is 3. The predicted molar refractivity (Wildman–Crippen MR) is 84.1 cm³/mol. The van der Waals surface area contributed by atoms with E-state index in [9.17, 15) is 14.4 Å². The highest BCUT2D eigenvalue weighted by atomic mass is 32.1. The van der Waals surface area contributed by atoms with E-state index in [1.807, 2.05) is 0 Å². The van der Waals surface area contributed by atoms with Crippen LogP contribution < -0.4 is 11.1 Å². The Balaban J connectivity index is 2.12. The molecule has 1 aliphatic carbocycles. The van der Waals surface area contributed by atoms with E-state index in [1.165, 1.54) is 11.3 Å². The van der Waals surface area contributed by atoms with Gasteiger partial charge < -0.3 is 16.2 Å². The molecule has 0 aromatic carbocycles. The molecule has 2 amide bonds. The molecule has 0 saturated heterocycles. The summed E-state index contributed by atoms with van der Waals surface area (Å²) in [6, 6.07) is 0. The maximum absolute atomic E-state index is 11.9. The van der Waals surface area contributed by atoms with E-state index in [-0.39, 0.29) is 25.2 Å². The second kappa shape index (κ2) is 6.91. The van der Waals surface area contributed by atoms with Crippen LogP contribution >= 0.6 is 11.3 Å². The molecule has 1 aliphatic rings. The summed E-state index contributed by atoms with van der Waals surface area (Å²) in [5.41, 5.74) is 6.87. The predicted octanol–water partition coefficient (Wildman–Crippen LogP) is 2.17. The van der Waals surface area contributed by atoms with Crippen LogP contribution in [0.25, 0.3) is 0 Å². The number of nitrogens with two attached hydrogens (primary N) is 1.